The third-order valence-corrected chi connectivity index (χ3v) is 2.96. The second-order valence-electron chi connectivity index (χ2n) is 4.25. The molecule has 0 N–H and O–H groups in total. The topological polar surface area (TPSA) is 26.3 Å². The number of unbranched alkanes of at least 4 members (excludes halogenated alkanes) is 1. The summed E-state index contributed by atoms with van der Waals surface area (Å²) in [4.78, 5) is 11.7. The lowest BCUT2D eigenvalue weighted by atomic mass is 10.00. The van der Waals surface area contributed by atoms with Crippen LogP contribution in [0.3, 0.4) is 0 Å². The summed E-state index contributed by atoms with van der Waals surface area (Å²) in [5, 5.41) is 0. The van der Waals surface area contributed by atoms with Crippen LogP contribution in [0, 0.1) is 0 Å². The Labute approximate surface area is 93.7 Å². The number of hydrogen-bond acceptors (Lipinski definition) is 2. The molecule has 0 aliphatic carbocycles. The minimum Gasteiger partial charge on any atom is -0.456 e. The SMILES string of the molecule is C=C(CCCC)C(=O)OC(C)(CC)CC. The molecule has 0 heterocycles. The van der Waals surface area contributed by atoms with Crippen LogP contribution in [-0.2, 0) is 9.53 Å². The molecule has 0 fully saturated rings. The molecule has 0 aromatic heterocycles. The molecule has 0 unspecified atom stereocenters. The zero-order chi connectivity index (χ0) is 11.9. The van der Waals surface area contributed by atoms with Gasteiger partial charge in [-0.1, -0.05) is 33.8 Å². The maximum absolute atomic E-state index is 11.7. The van der Waals surface area contributed by atoms with Gasteiger partial charge in [0.15, 0.2) is 0 Å². The van der Waals surface area contributed by atoms with Crippen molar-refractivity contribution in [2.24, 2.45) is 0 Å². The maximum Gasteiger partial charge on any atom is 0.333 e. The molecule has 0 radical (unpaired) electrons. The Balaban J connectivity index is 4.17. The highest BCUT2D eigenvalue weighted by atomic mass is 16.6. The van der Waals surface area contributed by atoms with Crippen molar-refractivity contribution in [2.75, 3.05) is 0 Å². The van der Waals surface area contributed by atoms with Crippen LogP contribution in [0.4, 0.5) is 0 Å². The van der Waals surface area contributed by atoms with Crippen LogP contribution in [0.2, 0.25) is 0 Å². The fraction of sp³-hybridized carbons (Fsp3) is 0.769. The molecule has 0 saturated heterocycles. The van der Waals surface area contributed by atoms with E-state index < -0.39 is 0 Å². The molecule has 0 spiro atoms. The average molecular weight is 212 g/mol. The van der Waals surface area contributed by atoms with Crippen LogP contribution in [0.25, 0.3) is 0 Å². The number of carbonyl (C=O) groups is 1. The van der Waals surface area contributed by atoms with Crippen LogP contribution in [0.5, 0.6) is 0 Å². The summed E-state index contributed by atoms with van der Waals surface area (Å²) < 4.78 is 5.46. The number of hydrogen-bond donors (Lipinski definition) is 0. The van der Waals surface area contributed by atoms with Gasteiger partial charge in [0.05, 0.1) is 0 Å². The normalized spacial score (nSPS) is 11.2. The van der Waals surface area contributed by atoms with Gasteiger partial charge in [0, 0.05) is 5.57 Å². The molecule has 0 rings (SSSR count). The molecule has 0 atom stereocenters. The summed E-state index contributed by atoms with van der Waals surface area (Å²) in [6.45, 7) is 11.9. The molecule has 2 heteroatoms. The Morgan fingerprint density at radius 3 is 2.20 bits per heavy atom. The van der Waals surface area contributed by atoms with E-state index in [1.54, 1.807) is 0 Å². The minimum atomic E-state index is -0.327. The molecule has 2 nitrogen and oxygen atoms in total. The third-order valence-electron chi connectivity index (χ3n) is 2.96. The summed E-state index contributed by atoms with van der Waals surface area (Å²) in [5.41, 5.74) is 0.275. The lowest BCUT2D eigenvalue weighted by Gasteiger charge is -2.27. The van der Waals surface area contributed by atoms with Crippen LogP contribution < -0.4 is 0 Å². The van der Waals surface area contributed by atoms with Crippen molar-refractivity contribution in [1.29, 1.82) is 0 Å². The summed E-state index contributed by atoms with van der Waals surface area (Å²) >= 11 is 0. The Morgan fingerprint density at radius 2 is 1.80 bits per heavy atom. The monoisotopic (exact) mass is 212 g/mol. The Kier molecular flexibility index (Phi) is 6.30. The largest absolute Gasteiger partial charge is 0.456 e. The zero-order valence-corrected chi connectivity index (χ0v) is 10.6. The molecule has 0 aliphatic rings. The number of carbonyl (C=O) groups excluding carboxylic acids is 1. The van der Waals surface area contributed by atoms with Crippen molar-refractivity contribution in [2.45, 2.75) is 65.4 Å². The first-order chi connectivity index (χ1) is 6.99. The highest BCUT2D eigenvalue weighted by Crippen LogP contribution is 2.21. The quantitative estimate of drug-likeness (QED) is 0.473. The van der Waals surface area contributed by atoms with E-state index in [1.807, 2.05) is 20.8 Å². The molecule has 88 valence electrons. The summed E-state index contributed by atoms with van der Waals surface area (Å²) in [6.07, 6.45) is 4.51. The van der Waals surface area contributed by atoms with E-state index in [0.717, 1.165) is 32.1 Å². The van der Waals surface area contributed by atoms with Crippen molar-refractivity contribution in [3.05, 3.63) is 12.2 Å². The van der Waals surface area contributed by atoms with Gasteiger partial charge in [0.2, 0.25) is 0 Å². The smallest absolute Gasteiger partial charge is 0.333 e. The molecule has 0 amide bonds. The van der Waals surface area contributed by atoms with Crippen LogP contribution in [-0.4, -0.2) is 11.6 Å². The highest BCUT2D eigenvalue weighted by Gasteiger charge is 2.25. The van der Waals surface area contributed by atoms with Crippen LogP contribution >= 0.6 is 0 Å². The van der Waals surface area contributed by atoms with E-state index in [9.17, 15) is 4.79 Å². The highest BCUT2D eigenvalue weighted by molar-refractivity contribution is 5.87. The Hall–Kier alpha value is -0.790. The molecule has 0 aromatic carbocycles. The second kappa shape index (κ2) is 6.65. The molecular formula is C13H24O2. The van der Waals surface area contributed by atoms with Crippen LogP contribution in [0.15, 0.2) is 12.2 Å². The summed E-state index contributed by atoms with van der Waals surface area (Å²) in [7, 11) is 0. The third kappa shape index (κ3) is 5.01. The summed E-state index contributed by atoms with van der Waals surface area (Å²) in [5.74, 6) is -0.227. The van der Waals surface area contributed by atoms with Crippen molar-refractivity contribution in [1.82, 2.24) is 0 Å². The molecule has 0 saturated carbocycles. The van der Waals surface area contributed by atoms with E-state index in [4.69, 9.17) is 4.74 Å². The van der Waals surface area contributed by atoms with Crippen molar-refractivity contribution >= 4 is 5.97 Å². The van der Waals surface area contributed by atoms with E-state index in [1.165, 1.54) is 0 Å². The molecule has 0 aliphatic heterocycles. The number of ether oxygens (including phenoxy) is 1. The molecule has 15 heavy (non-hydrogen) atoms. The van der Waals surface area contributed by atoms with E-state index in [-0.39, 0.29) is 11.6 Å². The number of rotatable bonds is 7. The van der Waals surface area contributed by atoms with Crippen molar-refractivity contribution in [3.63, 3.8) is 0 Å². The first kappa shape index (κ1) is 14.2. The zero-order valence-electron chi connectivity index (χ0n) is 10.6. The first-order valence-electron chi connectivity index (χ1n) is 5.90. The molecule has 0 bridgehead atoms. The Bertz CT molecular complexity index is 215. The lowest BCUT2D eigenvalue weighted by Crippen LogP contribution is -2.30. The Morgan fingerprint density at radius 1 is 1.27 bits per heavy atom. The summed E-state index contributed by atoms with van der Waals surface area (Å²) in [6, 6.07) is 0. The van der Waals surface area contributed by atoms with Gasteiger partial charge in [-0.05, 0) is 32.6 Å². The van der Waals surface area contributed by atoms with Gasteiger partial charge >= 0.3 is 5.97 Å². The second-order valence-corrected chi connectivity index (χ2v) is 4.25. The molecule has 0 aromatic rings. The van der Waals surface area contributed by atoms with Gasteiger partial charge in [0.1, 0.15) is 5.60 Å². The van der Waals surface area contributed by atoms with Gasteiger partial charge in [-0.3, -0.25) is 0 Å². The average Bonchev–Trinajstić information content (AvgIpc) is 2.25. The number of esters is 1. The lowest BCUT2D eigenvalue weighted by molar-refractivity contribution is -0.154. The van der Waals surface area contributed by atoms with Crippen molar-refractivity contribution < 1.29 is 9.53 Å². The van der Waals surface area contributed by atoms with Gasteiger partial charge in [-0.15, -0.1) is 0 Å². The van der Waals surface area contributed by atoms with Gasteiger partial charge in [-0.2, -0.15) is 0 Å². The predicted octanol–water partition coefficient (Wildman–Crippen LogP) is 3.85. The van der Waals surface area contributed by atoms with Crippen LogP contribution in [0.1, 0.15) is 59.8 Å². The minimum absolute atomic E-state index is 0.227. The van der Waals surface area contributed by atoms with E-state index in [0.29, 0.717) is 5.57 Å². The van der Waals surface area contributed by atoms with Gasteiger partial charge in [-0.25, -0.2) is 4.79 Å². The first-order valence-corrected chi connectivity index (χ1v) is 5.90. The molecular weight excluding hydrogens is 188 g/mol. The van der Waals surface area contributed by atoms with E-state index in [2.05, 4.69) is 13.5 Å². The van der Waals surface area contributed by atoms with Crippen molar-refractivity contribution in [3.8, 4) is 0 Å². The fourth-order valence-electron chi connectivity index (χ4n) is 1.18. The van der Waals surface area contributed by atoms with E-state index >= 15 is 0 Å². The standard InChI is InChI=1S/C13H24O2/c1-6-9-10-11(4)12(14)15-13(5,7-2)8-3/h4,6-10H2,1-3,5H3. The van der Waals surface area contributed by atoms with Gasteiger partial charge in [0.25, 0.3) is 0 Å². The maximum atomic E-state index is 11.7. The fourth-order valence-corrected chi connectivity index (χ4v) is 1.18. The van der Waals surface area contributed by atoms with Gasteiger partial charge < -0.3 is 4.74 Å². The predicted molar refractivity (Wildman–Crippen MR) is 63.7 cm³/mol.